The molecule has 1 fully saturated rings. The molecule has 1 aliphatic heterocycles. The summed E-state index contributed by atoms with van der Waals surface area (Å²) >= 11 is 6.18. The number of H-pyrrole nitrogens is 2. The van der Waals surface area contributed by atoms with Gasteiger partial charge in [0.05, 0.1) is 11.0 Å². The quantitative estimate of drug-likeness (QED) is 0.458. The number of hydrogen-bond donors (Lipinski definition) is 2. The number of fused-ring (bicyclic) bond motifs is 2. The highest BCUT2D eigenvalue weighted by molar-refractivity contribution is 6.31. The zero-order chi connectivity index (χ0) is 22.2. The second-order valence-electron chi connectivity index (χ2n) is 8.91. The van der Waals surface area contributed by atoms with Gasteiger partial charge in [-0.1, -0.05) is 24.6 Å². The van der Waals surface area contributed by atoms with E-state index in [1.54, 1.807) is 0 Å². The number of hydrogen-bond acceptors (Lipinski definition) is 3. The van der Waals surface area contributed by atoms with Crippen molar-refractivity contribution < 1.29 is 4.79 Å². The molecule has 5 rings (SSSR count). The highest BCUT2D eigenvalue weighted by Crippen LogP contribution is 2.25. The fraction of sp³-hybridized carbons (Fsp3) is 0.360. The molecule has 0 bridgehead atoms. The van der Waals surface area contributed by atoms with Crippen molar-refractivity contribution in [3.05, 3.63) is 64.6 Å². The number of aromatic nitrogens is 3. The Morgan fingerprint density at radius 2 is 1.94 bits per heavy atom. The van der Waals surface area contributed by atoms with Crippen molar-refractivity contribution in [2.24, 2.45) is 0 Å². The summed E-state index contributed by atoms with van der Waals surface area (Å²) in [6.45, 7) is 8.26. The molecule has 32 heavy (non-hydrogen) atoms. The Balaban J connectivity index is 1.17. The molecule has 3 heterocycles. The van der Waals surface area contributed by atoms with Crippen LogP contribution in [0, 0.1) is 6.92 Å². The van der Waals surface area contributed by atoms with Crippen LogP contribution in [0.5, 0.6) is 0 Å². The van der Waals surface area contributed by atoms with Crippen molar-refractivity contribution in [1.29, 1.82) is 0 Å². The Morgan fingerprint density at radius 1 is 1.12 bits per heavy atom. The first-order chi connectivity index (χ1) is 15.5. The zero-order valence-electron chi connectivity index (χ0n) is 18.5. The zero-order valence-corrected chi connectivity index (χ0v) is 19.2. The first kappa shape index (κ1) is 21.0. The van der Waals surface area contributed by atoms with Gasteiger partial charge < -0.3 is 14.9 Å². The molecular formula is C25H28ClN5O. The summed E-state index contributed by atoms with van der Waals surface area (Å²) in [4.78, 5) is 28.7. The number of benzene rings is 2. The lowest BCUT2D eigenvalue weighted by atomic mass is 10.1. The van der Waals surface area contributed by atoms with E-state index >= 15 is 0 Å². The molecule has 1 aliphatic rings. The third-order valence-electron chi connectivity index (χ3n) is 6.45. The van der Waals surface area contributed by atoms with Gasteiger partial charge in [0.2, 0.25) is 5.91 Å². The lowest BCUT2D eigenvalue weighted by Crippen LogP contribution is -2.48. The molecule has 7 heteroatoms. The number of aromatic amines is 2. The van der Waals surface area contributed by atoms with E-state index in [9.17, 15) is 4.79 Å². The molecular weight excluding hydrogens is 422 g/mol. The van der Waals surface area contributed by atoms with Gasteiger partial charge in [0.25, 0.3) is 0 Å². The molecule has 166 valence electrons. The van der Waals surface area contributed by atoms with Gasteiger partial charge in [0, 0.05) is 67.2 Å². The number of aryl methyl sites for hydroxylation is 1. The summed E-state index contributed by atoms with van der Waals surface area (Å²) < 4.78 is 0. The maximum absolute atomic E-state index is 12.9. The second kappa shape index (κ2) is 8.60. The minimum Gasteiger partial charge on any atom is -0.361 e. The topological polar surface area (TPSA) is 68.0 Å². The molecule has 6 nitrogen and oxygen atoms in total. The summed E-state index contributed by atoms with van der Waals surface area (Å²) in [7, 11) is 0. The molecule has 0 spiro atoms. The Kier molecular flexibility index (Phi) is 5.66. The molecule has 0 aliphatic carbocycles. The highest BCUT2D eigenvalue weighted by atomic mass is 35.5. The molecule has 2 N–H and O–H groups in total. The number of nitrogens with one attached hydrogen (secondary N) is 2. The molecule has 2 aromatic carbocycles. The summed E-state index contributed by atoms with van der Waals surface area (Å²) in [5.41, 5.74) is 5.54. The third kappa shape index (κ3) is 4.25. The lowest BCUT2D eigenvalue weighted by Gasteiger charge is -2.35. The van der Waals surface area contributed by atoms with Crippen molar-refractivity contribution >= 4 is 39.4 Å². The minimum atomic E-state index is 0.0594. The van der Waals surface area contributed by atoms with Crippen molar-refractivity contribution in [1.82, 2.24) is 24.8 Å². The van der Waals surface area contributed by atoms with Crippen molar-refractivity contribution in [2.75, 3.05) is 26.2 Å². The van der Waals surface area contributed by atoms with Crippen molar-refractivity contribution in [2.45, 2.75) is 32.7 Å². The number of carbonyl (C=O) groups is 1. The van der Waals surface area contributed by atoms with Crippen LogP contribution in [0.2, 0.25) is 5.02 Å². The summed E-state index contributed by atoms with van der Waals surface area (Å²) in [5.74, 6) is 1.15. The first-order valence-electron chi connectivity index (χ1n) is 11.2. The van der Waals surface area contributed by atoms with E-state index in [1.165, 1.54) is 16.5 Å². The summed E-state index contributed by atoms with van der Waals surface area (Å²) in [6.07, 6.45) is 2.54. The number of halogens is 1. The second-order valence-corrected chi connectivity index (χ2v) is 9.35. The lowest BCUT2D eigenvalue weighted by molar-refractivity contribution is -0.133. The van der Waals surface area contributed by atoms with Crippen LogP contribution in [0.4, 0.5) is 0 Å². The van der Waals surface area contributed by atoms with E-state index in [-0.39, 0.29) is 11.8 Å². The number of nitrogens with zero attached hydrogens (tertiary/aromatic N) is 3. The van der Waals surface area contributed by atoms with Gasteiger partial charge in [-0.15, -0.1) is 0 Å². The Hall–Kier alpha value is -2.83. The normalized spacial score (nSPS) is 16.2. The standard InChI is InChI=1S/C25H28ClN5O/c1-16-3-5-22-23(11-16)29-25(28-22)17(2)12-24(32)31-9-7-30(8-10-31)15-18-14-27-21-6-4-19(26)13-20(18)21/h3-6,11,13-14,17,27H,7-10,12,15H2,1-2H3,(H,28,29). The largest absolute Gasteiger partial charge is 0.361 e. The molecule has 0 radical (unpaired) electrons. The average molecular weight is 450 g/mol. The highest BCUT2D eigenvalue weighted by Gasteiger charge is 2.24. The van der Waals surface area contributed by atoms with Crippen LogP contribution in [-0.4, -0.2) is 56.8 Å². The Labute approximate surface area is 192 Å². The molecule has 1 atom stereocenters. The summed E-state index contributed by atoms with van der Waals surface area (Å²) in [5, 5.41) is 1.92. The van der Waals surface area contributed by atoms with Crippen LogP contribution in [0.15, 0.2) is 42.6 Å². The first-order valence-corrected chi connectivity index (χ1v) is 11.6. The van der Waals surface area contributed by atoms with Crippen LogP contribution in [0.25, 0.3) is 21.9 Å². The monoisotopic (exact) mass is 449 g/mol. The maximum atomic E-state index is 12.9. The van der Waals surface area contributed by atoms with Gasteiger partial charge in [0.15, 0.2) is 0 Å². The van der Waals surface area contributed by atoms with Crippen molar-refractivity contribution in [3.63, 3.8) is 0 Å². The maximum Gasteiger partial charge on any atom is 0.223 e. The SMILES string of the molecule is Cc1ccc2nc(C(C)CC(=O)N3CCN(Cc4c[nH]c5ccc(Cl)cc45)CC3)[nH]c2c1. The number of rotatable bonds is 5. The van der Waals surface area contributed by atoms with E-state index in [1.807, 2.05) is 29.2 Å². The van der Waals surface area contributed by atoms with E-state index < -0.39 is 0 Å². The average Bonchev–Trinajstić information content (AvgIpc) is 3.38. The smallest absolute Gasteiger partial charge is 0.223 e. The van der Waals surface area contributed by atoms with E-state index in [0.29, 0.717) is 6.42 Å². The van der Waals surface area contributed by atoms with E-state index in [0.717, 1.165) is 60.1 Å². The number of imidazole rings is 1. The van der Waals surface area contributed by atoms with Gasteiger partial charge in [-0.2, -0.15) is 0 Å². The van der Waals surface area contributed by atoms with Gasteiger partial charge in [-0.25, -0.2) is 4.98 Å². The van der Waals surface area contributed by atoms with Crippen LogP contribution in [-0.2, 0) is 11.3 Å². The molecule has 1 unspecified atom stereocenters. The van der Waals surface area contributed by atoms with Gasteiger partial charge >= 0.3 is 0 Å². The molecule has 1 saturated heterocycles. The van der Waals surface area contributed by atoms with E-state index in [4.69, 9.17) is 11.6 Å². The molecule has 4 aromatic rings. The fourth-order valence-electron chi connectivity index (χ4n) is 4.54. The predicted molar refractivity (Wildman–Crippen MR) is 129 cm³/mol. The van der Waals surface area contributed by atoms with Crippen LogP contribution in [0.3, 0.4) is 0 Å². The van der Waals surface area contributed by atoms with E-state index in [2.05, 4.69) is 52.0 Å². The predicted octanol–water partition coefficient (Wildman–Crippen LogP) is 4.84. The van der Waals surface area contributed by atoms with Gasteiger partial charge in [-0.05, 0) is 48.4 Å². The fourth-order valence-corrected chi connectivity index (χ4v) is 4.71. The number of amides is 1. The third-order valence-corrected chi connectivity index (χ3v) is 6.69. The number of carbonyl (C=O) groups excluding carboxylic acids is 1. The molecule has 0 saturated carbocycles. The van der Waals surface area contributed by atoms with Crippen LogP contribution >= 0.6 is 11.6 Å². The molecule has 2 aromatic heterocycles. The Morgan fingerprint density at radius 3 is 2.75 bits per heavy atom. The molecule has 1 amide bonds. The summed E-state index contributed by atoms with van der Waals surface area (Å²) in [6, 6.07) is 12.1. The number of piperazine rings is 1. The van der Waals surface area contributed by atoms with Crippen LogP contribution in [0.1, 0.15) is 36.2 Å². The van der Waals surface area contributed by atoms with Gasteiger partial charge in [-0.3, -0.25) is 9.69 Å². The van der Waals surface area contributed by atoms with Gasteiger partial charge in [0.1, 0.15) is 5.82 Å². The Bertz CT molecular complexity index is 1270. The van der Waals surface area contributed by atoms with Crippen LogP contribution < -0.4 is 0 Å². The van der Waals surface area contributed by atoms with Crippen molar-refractivity contribution in [3.8, 4) is 0 Å². The minimum absolute atomic E-state index is 0.0594.